The maximum Gasteiger partial charge on any atom is 0.242 e. The predicted octanol–water partition coefficient (Wildman–Crippen LogP) is 1.21. The Bertz CT molecular complexity index is 803. The molecule has 2 aliphatic rings. The van der Waals surface area contributed by atoms with Crippen LogP contribution in [0, 0.1) is 6.92 Å². The third-order valence-electron chi connectivity index (χ3n) is 5.64. The molecular weight excluding hydrogens is 328 g/mol. The first-order chi connectivity index (χ1) is 12.5. The molecular formula is C20H26N4O2. The third kappa shape index (κ3) is 3.52. The molecule has 1 N–H and O–H groups in total. The monoisotopic (exact) mass is 354 g/mol. The van der Waals surface area contributed by atoms with Gasteiger partial charge in [-0.1, -0.05) is 24.3 Å². The summed E-state index contributed by atoms with van der Waals surface area (Å²) < 4.78 is 1.85. The van der Waals surface area contributed by atoms with Gasteiger partial charge in [0.1, 0.15) is 12.4 Å². The molecule has 0 aliphatic carbocycles. The number of β-amino-alcohol motifs (C(OH)–C–C–N with tert-alkyl or cyclic N) is 1. The summed E-state index contributed by atoms with van der Waals surface area (Å²) in [6.07, 6.45) is 5.19. The molecule has 138 valence electrons. The van der Waals surface area contributed by atoms with E-state index in [1.165, 1.54) is 11.1 Å². The molecule has 1 saturated heterocycles. The summed E-state index contributed by atoms with van der Waals surface area (Å²) in [5.74, 6) is 0.880. The van der Waals surface area contributed by atoms with Crippen molar-refractivity contribution in [2.24, 2.45) is 0 Å². The van der Waals surface area contributed by atoms with Crippen LogP contribution in [0.25, 0.3) is 0 Å². The molecule has 1 amide bonds. The van der Waals surface area contributed by atoms with Crippen LogP contribution in [0.2, 0.25) is 0 Å². The number of imidazole rings is 1. The molecule has 3 heterocycles. The summed E-state index contributed by atoms with van der Waals surface area (Å²) in [7, 11) is 0. The van der Waals surface area contributed by atoms with Crippen molar-refractivity contribution in [3.63, 3.8) is 0 Å². The Hall–Kier alpha value is -2.18. The first-order valence-electron chi connectivity index (χ1n) is 9.29. The standard InChI is InChI=1S/C20H26N4O2/c1-16-21-8-11-23(16)13-19(25)24-10-7-20(26,15-24)14-22-9-6-17-4-2-3-5-18(17)12-22/h2-5,8,11,26H,6-7,9-10,12-15H2,1H3/t20-/m0/s1. The molecule has 0 radical (unpaired) electrons. The highest BCUT2D eigenvalue weighted by Crippen LogP contribution is 2.26. The average Bonchev–Trinajstić information content (AvgIpc) is 3.21. The van der Waals surface area contributed by atoms with E-state index >= 15 is 0 Å². The van der Waals surface area contributed by atoms with Gasteiger partial charge in [0.05, 0.1) is 12.1 Å². The van der Waals surface area contributed by atoms with Crippen molar-refractivity contribution in [2.75, 3.05) is 26.2 Å². The van der Waals surface area contributed by atoms with Crippen LogP contribution in [0.4, 0.5) is 0 Å². The number of carbonyl (C=O) groups excluding carboxylic acids is 1. The van der Waals surface area contributed by atoms with Gasteiger partial charge in [0.15, 0.2) is 0 Å². The van der Waals surface area contributed by atoms with Crippen LogP contribution in [-0.2, 0) is 24.3 Å². The summed E-state index contributed by atoms with van der Waals surface area (Å²) in [5.41, 5.74) is 1.95. The molecule has 0 unspecified atom stereocenters. The van der Waals surface area contributed by atoms with E-state index in [4.69, 9.17) is 0 Å². The smallest absolute Gasteiger partial charge is 0.242 e. The number of nitrogens with zero attached hydrogens (tertiary/aromatic N) is 4. The number of carbonyl (C=O) groups is 1. The van der Waals surface area contributed by atoms with Gasteiger partial charge >= 0.3 is 0 Å². The SMILES string of the molecule is Cc1nccn1CC(=O)N1CC[C@](O)(CN2CCc3ccccc3C2)C1. The van der Waals surface area contributed by atoms with E-state index in [2.05, 4.69) is 34.1 Å². The summed E-state index contributed by atoms with van der Waals surface area (Å²) in [5, 5.41) is 11.0. The van der Waals surface area contributed by atoms with Crippen molar-refractivity contribution in [3.8, 4) is 0 Å². The van der Waals surface area contributed by atoms with Crippen LogP contribution in [0.15, 0.2) is 36.7 Å². The van der Waals surface area contributed by atoms with Crippen molar-refractivity contribution in [2.45, 2.75) is 38.5 Å². The van der Waals surface area contributed by atoms with Crippen LogP contribution in [0.3, 0.4) is 0 Å². The number of aryl methyl sites for hydroxylation is 1. The van der Waals surface area contributed by atoms with Crippen molar-refractivity contribution in [3.05, 3.63) is 53.6 Å². The van der Waals surface area contributed by atoms with Gasteiger partial charge in [-0.05, 0) is 30.9 Å². The number of amides is 1. The molecule has 6 heteroatoms. The Kier molecular flexibility index (Phi) is 4.54. The third-order valence-corrected chi connectivity index (χ3v) is 5.64. The van der Waals surface area contributed by atoms with Crippen LogP contribution in [0.5, 0.6) is 0 Å². The van der Waals surface area contributed by atoms with Gasteiger partial charge in [-0.3, -0.25) is 9.69 Å². The van der Waals surface area contributed by atoms with E-state index in [9.17, 15) is 9.90 Å². The number of benzene rings is 1. The first-order valence-corrected chi connectivity index (χ1v) is 9.29. The van der Waals surface area contributed by atoms with E-state index in [-0.39, 0.29) is 5.91 Å². The Labute approximate surface area is 154 Å². The minimum Gasteiger partial charge on any atom is -0.387 e. The Morgan fingerprint density at radius 2 is 2.08 bits per heavy atom. The molecule has 1 atom stereocenters. The quantitative estimate of drug-likeness (QED) is 0.897. The maximum absolute atomic E-state index is 12.6. The fraction of sp³-hybridized carbons (Fsp3) is 0.500. The number of rotatable bonds is 4. The number of likely N-dealkylation sites (tertiary alicyclic amines) is 1. The Morgan fingerprint density at radius 3 is 2.85 bits per heavy atom. The second-order valence-corrected chi connectivity index (χ2v) is 7.62. The highest BCUT2D eigenvalue weighted by atomic mass is 16.3. The fourth-order valence-corrected chi connectivity index (χ4v) is 4.12. The van der Waals surface area contributed by atoms with Gasteiger partial charge in [-0.25, -0.2) is 4.98 Å². The highest BCUT2D eigenvalue weighted by Gasteiger charge is 2.39. The van der Waals surface area contributed by atoms with Gasteiger partial charge in [-0.2, -0.15) is 0 Å². The van der Waals surface area contributed by atoms with E-state index in [0.29, 0.717) is 32.6 Å². The number of aliphatic hydroxyl groups is 1. The van der Waals surface area contributed by atoms with Gasteiger partial charge in [0.2, 0.25) is 5.91 Å². The normalized spacial score (nSPS) is 23.2. The molecule has 26 heavy (non-hydrogen) atoms. The second kappa shape index (κ2) is 6.85. The van der Waals surface area contributed by atoms with E-state index in [0.717, 1.165) is 25.3 Å². The van der Waals surface area contributed by atoms with Crippen molar-refractivity contribution in [1.82, 2.24) is 19.4 Å². The van der Waals surface area contributed by atoms with Crippen LogP contribution in [0.1, 0.15) is 23.4 Å². The minimum absolute atomic E-state index is 0.0472. The summed E-state index contributed by atoms with van der Waals surface area (Å²) >= 11 is 0. The minimum atomic E-state index is -0.814. The zero-order valence-corrected chi connectivity index (χ0v) is 15.3. The predicted molar refractivity (Wildman–Crippen MR) is 98.5 cm³/mol. The number of hydrogen-bond acceptors (Lipinski definition) is 4. The molecule has 1 fully saturated rings. The fourth-order valence-electron chi connectivity index (χ4n) is 4.12. The topological polar surface area (TPSA) is 61.6 Å². The molecule has 4 rings (SSSR count). The van der Waals surface area contributed by atoms with E-state index in [1.807, 2.05) is 17.7 Å². The van der Waals surface area contributed by atoms with Gasteiger partial charge in [0, 0.05) is 38.6 Å². The molecule has 1 aromatic carbocycles. The summed E-state index contributed by atoms with van der Waals surface area (Å²) in [6.45, 7) is 5.67. The number of fused-ring (bicyclic) bond motifs is 1. The van der Waals surface area contributed by atoms with Crippen LogP contribution in [-0.4, -0.2) is 62.1 Å². The molecule has 0 saturated carbocycles. The second-order valence-electron chi connectivity index (χ2n) is 7.62. The largest absolute Gasteiger partial charge is 0.387 e. The van der Waals surface area contributed by atoms with E-state index < -0.39 is 5.60 Å². The van der Waals surface area contributed by atoms with Gasteiger partial charge < -0.3 is 14.6 Å². The number of aromatic nitrogens is 2. The Morgan fingerprint density at radius 1 is 1.27 bits per heavy atom. The molecule has 2 aliphatic heterocycles. The first kappa shape index (κ1) is 17.2. The van der Waals surface area contributed by atoms with Gasteiger partial charge in [0.25, 0.3) is 0 Å². The highest BCUT2D eigenvalue weighted by molar-refractivity contribution is 5.76. The molecule has 1 aromatic heterocycles. The zero-order valence-electron chi connectivity index (χ0n) is 15.3. The summed E-state index contributed by atoms with van der Waals surface area (Å²) in [6, 6.07) is 8.52. The Balaban J connectivity index is 1.35. The maximum atomic E-state index is 12.6. The number of hydrogen-bond donors (Lipinski definition) is 1. The lowest BCUT2D eigenvalue weighted by molar-refractivity contribution is -0.132. The molecule has 6 nitrogen and oxygen atoms in total. The van der Waals surface area contributed by atoms with Crippen LogP contribution < -0.4 is 0 Å². The lowest BCUT2D eigenvalue weighted by atomic mass is 9.97. The molecule has 2 aromatic rings. The molecule has 0 bridgehead atoms. The van der Waals surface area contributed by atoms with Crippen molar-refractivity contribution in [1.29, 1.82) is 0 Å². The van der Waals surface area contributed by atoms with Gasteiger partial charge in [-0.15, -0.1) is 0 Å². The lowest BCUT2D eigenvalue weighted by Crippen LogP contribution is -2.47. The average molecular weight is 354 g/mol. The summed E-state index contributed by atoms with van der Waals surface area (Å²) in [4.78, 5) is 20.8. The zero-order chi connectivity index (χ0) is 18.1. The lowest BCUT2D eigenvalue weighted by Gasteiger charge is -2.34. The van der Waals surface area contributed by atoms with Crippen LogP contribution >= 0.6 is 0 Å². The van der Waals surface area contributed by atoms with Crippen molar-refractivity contribution < 1.29 is 9.90 Å². The van der Waals surface area contributed by atoms with Crippen molar-refractivity contribution >= 4 is 5.91 Å². The van der Waals surface area contributed by atoms with E-state index in [1.54, 1.807) is 11.1 Å². The molecule has 0 spiro atoms.